The molecule has 0 heterocycles. The highest BCUT2D eigenvalue weighted by Crippen LogP contribution is 2.23. The molecule has 0 aliphatic heterocycles. The highest BCUT2D eigenvalue weighted by Gasteiger charge is 2.01. The zero-order chi connectivity index (χ0) is 8.43. The highest BCUT2D eigenvalue weighted by molar-refractivity contribution is 5.42. The Morgan fingerprint density at radius 1 is 1.09 bits per heavy atom. The number of benzene rings is 1. The second-order valence-corrected chi connectivity index (χ2v) is 2.77. The van der Waals surface area contributed by atoms with Crippen molar-refractivity contribution in [2.45, 2.75) is 20.8 Å². The minimum atomic E-state index is 0.869. The predicted octanol–water partition coefficient (Wildman–Crippen LogP) is 2.78. The fraction of sp³-hybridized carbons (Fsp3) is 0.300. The average Bonchev–Trinajstić information content (AvgIpc) is 2.01. The van der Waals surface area contributed by atoms with Crippen LogP contribution in [0.15, 0.2) is 12.1 Å². The van der Waals surface area contributed by atoms with Gasteiger partial charge in [0, 0.05) is 0 Å². The molecule has 1 aromatic carbocycles. The molecule has 0 atom stereocenters. The van der Waals surface area contributed by atoms with Crippen molar-refractivity contribution in [2.75, 3.05) is 0 Å². The summed E-state index contributed by atoms with van der Waals surface area (Å²) in [5.74, 6) is 0.869. The summed E-state index contributed by atoms with van der Waals surface area (Å²) in [5.41, 5.74) is 3.76. The molecule has 0 amide bonds. The maximum atomic E-state index is 4.93. The molecule has 0 aromatic heterocycles. The van der Waals surface area contributed by atoms with E-state index in [2.05, 4.69) is 21.0 Å². The van der Waals surface area contributed by atoms with Crippen LogP contribution in [0.3, 0.4) is 0 Å². The first-order valence-electron chi connectivity index (χ1n) is 3.65. The van der Waals surface area contributed by atoms with Gasteiger partial charge in [-0.25, -0.2) is 0 Å². The molecule has 0 fully saturated rings. The molecule has 0 unspecified atom stereocenters. The number of hydrogen-bond donors (Lipinski definition) is 0. The van der Waals surface area contributed by atoms with Crippen LogP contribution >= 0.6 is 0 Å². The quantitative estimate of drug-likeness (QED) is 0.596. The molecule has 1 heteroatoms. The van der Waals surface area contributed by atoms with Crippen molar-refractivity contribution in [3.63, 3.8) is 0 Å². The van der Waals surface area contributed by atoms with Crippen molar-refractivity contribution in [2.24, 2.45) is 0 Å². The Morgan fingerprint density at radius 3 is 2.27 bits per heavy atom. The average molecular weight is 149 g/mol. The van der Waals surface area contributed by atoms with Gasteiger partial charge in [-0.15, -0.1) is 0 Å². The van der Waals surface area contributed by atoms with Crippen LogP contribution in [0.25, 0.3) is 0 Å². The predicted molar refractivity (Wildman–Crippen MR) is 46.6 cm³/mol. The molecular formula is C10H13O. The smallest absolute Gasteiger partial charge is 0.122 e. The molecule has 1 rings (SSSR count). The summed E-state index contributed by atoms with van der Waals surface area (Å²) in [6.07, 6.45) is 0. The summed E-state index contributed by atoms with van der Waals surface area (Å²) in [5, 5.41) is 0. The van der Waals surface area contributed by atoms with Crippen LogP contribution in [0.5, 0.6) is 5.75 Å². The molecule has 59 valence electrons. The first-order chi connectivity index (χ1) is 5.16. The van der Waals surface area contributed by atoms with Crippen LogP contribution in [0.4, 0.5) is 0 Å². The maximum Gasteiger partial charge on any atom is 0.122 e. The van der Waals surface area contributed by atoms with Gasteiger partial charge in [-0.3, -0.25) is 0 Å². The molecule has 0 spiro atoms. The molecule has 0 N–H and O–H groups in total. The number of ether oxygens (including phenoxy) is 1. The minimum absolute atomic E-state index is 0.869. The van der Waals surface area contributed by atoms with Gasteiger partial charge in [-0.05, 0) is 43.5 Å². The third-order valence-corrected chi connectivity index (χ3v) is 2.16. The Hall–Kier alpha value is -0.980. The van der Waals surface area contributed by atoms with Crippen LogP contribution < -0.4 is 4.74 Å². The molecule has 0 aliphatic rings. The van der Waals surface area contributed by atoms with Gasteiger partial charge in [0.1, 0.15) is 12.9 Å². The van der Waals surface area contributed by atoms with E-state index >= 15 is 0 Å². The lowest BCUT2D eigenvalue weighted by Crippen LogP contribution is -1.90. The maximum absolute atomic E-state index is 4.93. The molecule has 1 radical (unpaired) electrons. The van der Waals surface area contributed by atoms with Crippen molar-refractivity contribution in [3.05, 3.63) is 35.9 Å². The molecule has 0 saturated carbocycles. The monoisotopic (exact) mass is 149 g/mol. The summed E-state index contributed by atoms with van der Waals surface area (Å²) in [6.45, 7) is 6.23. The van der Waals surface area contributed by atoms with Crippen LogP contribution in [0.2, 0.25) is 0 Å². The largest absolute Gasteiger partial charge is 0.490 e. The van der Waals surface area contributed by atoms with E-state index in [1.54, 1.807) is 0 Å². The van der Waals surface area contributed by atoms with Gasteiger partial charge in [0.05, 0.1) is 0 Å². The van der Waals surface area contributed by atoms with Crippen molar-refractivity contribution in [3.8, 4) is 5.75 Å². The lowest BCUT2D eigenvalue weighted by Gasteiger charge is -2.08. The fourth-order valence-corrected chi connectivity index (χ4v) is 1.09. The number of hydrogen-bond acceptors (Lipinski definition) is 1. The SMILES string of the molecule is [CH2]Oc1ccc(C)c(C)c1C. The van der Waals surface area contributed by atoms with E-state index < -0.39 is 0 Å². The van der Waals surface area contributed by atoms with Crippen molar-refractivity contribution >= 4 is 0 Å². The van der Waals surface area contributed by atoms with Crippen LogP contribution in [0.1, 0.15) is 16.7 Å². The van der Waals surface area contributed by atoms with Gasteiger partial charge in [0.25, 0.3) is 0 Å². The lowest BCUT2D eigenvalue weighted by atomic mass is 10.0. The first-order valence-corrected chi connectivity index (χ1v) is 3.65. The molecular weight excluding hydrogens is 136 g/mol. The van der Waals surface area contributed by atoms with Gasteiger partial charge >= 0.3 is 0 Å². The summed E-state index contributed by atoms with van der Waals surface area (Å²) < 4.78 is 4.93. The summed E-state index contributed by atoms with van der Waals surface area (Å²) >= 11 is 0. The van der Waals surface area contributed by atoms with Crippen molar-refractivity contribution in [1.29, 1.82) is 0 Å². The summed E-state index contributed by atoms with van der Waals surface area (Å²) in [4.78, 5) is 0. The molecule has 11 heavy (non-hydrogen) atoms. The van der Waals surface area contributed by atoms with Gasteiger partial charge in [-0.2, -0.15) is 0 Å². The molecule has 1 aromatic rings. The number of rotatable bonds is 1. The van der Waals surface area contributed by atoms with E-state index in [4.69, 9.17) is 4.74 Å². The topological polar surface area (TPSA) is 9.23 Å². The third kappa shape index (κ3) is 1.37. The van der Waals surface area contributed by atoms with Crippen molar-refractivity contribution < 1.29 is 4.74 Å². The van der Waals surface area contributed by atoms with Gasteiger partial charge in [-0.1, -0.05) is 6.07 Å². The Bertz CT molecular complexity index is 264. The number of aryl methyl sites for hydroxylation is 1. The summed E-state index contributed by atoms with van der Waals surface area (Å²) in [6, 6.07) is 3.99. The molecule has 0 aliphatic carbocycles. The summed E-state index contributed by atoms with van der Waals surface area (Å²) in [7, 11) is 3.39. The zero-order valence-corrected chi connectivity index (χ0v) is 7.27. The van der Waals surface area contributed by atoms with Gasteiger partial charge in [0.2, 0.25) is 0 Å². The van der Waals surface area contributed by atoms with Crippen LogP contribution in [-0.4, -0.2) is 0 Å². The van der Waals surface area contributed by atoms with E-state index in [0.717, 1.165) is 5.75 Å². The minimum Gasteiger partial charge on any atom is -0.490 e. The van der Waals surface area contributed by atoms with E-state index in [1.165, 1.54) is 16.7 Å². The Balaban J connectivity index is 3.25. The van der Waals surface area contributed by atoms with E-state index in [1.807, 2.05) is 19.1 Å². The molecule has 1 nitrogen and oxygen atoms in total. The molecule has 0 bridgehead atoms. The second kappa shape index (κ2) is 2.95. The standard InChI is InChI=1S/C10H13O/c1-7-5-6-10(11-4)9(3)8(7)2/h5-6H,4H2,1-3H3. The Kier molecular flexibility index (Phi) is 2.18. The lowest BCUT2D eigenvalue weighted by molar-refractivity contribution is 0.468. The first kappa shape index (κ1) is 8.12. The Labute approximate surface area is 68.0 Å². The van der Waals surface area contributed by atoms with Crippen LogP contribution in [-0.2, 0) is 0 Å². The second-order valence-electron chi connectivity index (χ2n) is 2.77. The molecule has 0 saturated heterocycles. The zero-order valence-electron chi connectivity index (χ0n) is 7.27. The Morgan fingerprint density at radius 2 is 1.73 bits per heavy atom. The van der Waals surface area contributed by atoms with Crippen molar-refractivity contribution in [1.82, 2.24) is 0 Å². The van der Waals surface area contributed by atoms with Gasteiger partial charge in [0.15, 0.2) is 0 Å². The van der Waals surface area contributed by atoms with E-state index in [0.29, 0.717) is 0 Å². The van der Waals surface area contributed by atoms with E-state index in [9.17, 15) is 0 Å². The normalized spacial score (nSPS) is 9.82. The van der Waals surface area contributed by atoms with E-state index in [-0.39, 0.29) is 0 Å². The van der Waals surface area contributed by atoms with Crippen LogP contribution in [0, 0.1) is 27.9 Å². The third-order valence-electron chi connectivity index (χ3n) is 2.16. The van der Waals surface area contributed by atoms with Gasteiger partial charge < -0.3 is 4.74 Å². The highest BCUT2D eigenvalue weighted by atomic mass is 16.5. The fourth-order valence-electron chi connectivity index (χ4n) is 1.09.